The van der Waals surface area contributed by atoms with Crippen LogP contribution in [-0.2, 0) is 0 Å². The minimum Gasteiger partial charge on any atom is -0.337 e. The molecule has 0 radical (unpaired) electrons. The van der Waals surface area contributed by atoms with Crippen molar-refractivity contribution >= 4 is 30.1 Å². The number of hydrogen-bond donors (Lipinski definition) is 1. The number of likely N-dealkylation sites (tertiary alicyclic amines) is 1. The third-order valence-electron chi connectivity index (χ3n) is 4.27. The number of carbonyl (C=O) groups excluding carboxylic acids is 1. The van der Waals surface area contributed by atoms with Crippen molar-refractivity contribution in [2.75, 3.05) is 19.3 Å². The topological polar surface area (TPSA) is 46.3 Å². The Bertz CT molecular complexity index is 707. The summed E-state index contributed by atoms with van der Waals surface area (Å²) in [4.78, 5) is 15.9. The number of benzene rings is 2. The second-order valence-corrected chi connectivity index (χ2v) is 6.78. The highest BCUT2D eigenvalue weighted by Gasteiger charge is 2.22. The fraction of sp³-hybridized carbons (Fsp3) is 0.316. The van der Waals surface area contributed by atoms with E-state index in [1.54, 1.807) is 11.8 Å². The van der Waals surface area contributed by atoms with Gasteiger partial charge in [0.2, 0.25) is 0 Å². The molecule has 128 valence electrons. The van der Waals surface area contributed by atoms with Crippen molar-refractivity contribution in [2.45, 2.75) is 23.8 Å². The Kier molecular flexibility index (Phi) is 6.72. The van der Waals surface area contributed by atoms with E-state index in [4.69, 9.17) is 5.73 Å². The number of piperidine rings is 1. The third-order valence-corrected chi connectivity index (χ3v) is 5.07. The molecule has 0 aromatic heterocycles. The summed E-state index contributed by atoms with van der Waals surface area (Å²) in [6.07, 6.45) is 4.07. The summed E-state index contributed by atoms with van der Waals surface area (Å²) in [7, 11) is 0. The Morgan fingerprint density at radius 3 is 2.75 bits per heavy atom. The van der Waals surface area contributed by atoms with Crippen LogP contribution < -0.4 is 5.73 Å². The van der Waals surface area contributed by atoms with Gasteiger partial charge in [-0.25, -0.2) is 0 Å². The quantitative estimate of drug-likeness (QED) is 0.837. The minimum atomic E-state index is 0. The molecule has 24 heavy (non-hydrogen) atoms. The van der Waals surface area contributed by atoms with E-state index in [9.17, 15) is 4.79 Å². The molecule has 1 unspecified atom stereocenters. The minimum absolute atomic E-state index is 0. The van der Waals surface area contributed by atoms with E-state index >= 15 is 0 Å². The van der Waals surface area contributed by atoms with Crippen LogP contribution in [0.25, 0.3) is 11.1 Å². The van der Waals surface area contributed by atoms with E-state index in [1.807, 2.05) is 35.2 Å². The normalized spacial score (nSPS) is 17.2. The van der Waals surface area contributed by atoms with Crippen molar-refractivity contribution in [3.8, 4) is 11.1 Å². The van der Waals surface area contributed by atoms with Crippen molar-refractivity contribution in [1.82, 2.24) is 4.90 Å². The molecule has 2 aromatic rings. The Morgan fingerprint density at radius 2 is 2.00 bits per heavy atom. The van der Waals surface area contributed by atoms with Crippen molar-refractivity contribution < 1.29 is 4.79 Å². The highest BCUT2D eigenvalue weighted by Crippen LogP contribution is 2.30. The van der Waals surface area contributed by atoms with Crippen LogP contribution >= 0.6 is 24.2 Å². The van der Waals surface area contributed by atoms with Crippen LogP contribution in [0.2, 0.25) is 0 Å². The van der Waals surface area contributed by atoms with E-state index in [2.05, 4.69) is 24.5 Å². The summed E-state index contributed by atoms with van der Waals surface area (Å²) < 4.78 is 0. The van der Waals surface area contributed by atoms with Crippen LogP contribution in [0.15, 0.2) is 53.4 Å². The van der Waals surface area contributed by atoms with Crippen LogP contribution in [0.3, 0.4) is 0 Å². The summed E-state index contributed by atoms with van der Waals surface area (Å²) in [5, 5.41) is 0. The highest BCUT2D eigenvalue weighted by molar-refractivity contribution is 7.98. The average molecular weight is 363 g/mol. The van der Waals surface area contributed by atoms with Gasteiger partial charge in [-0.2, -0.15) is 0 Å². The van der Waals surface area contributed by atoms with Gasteiger partial charge < -0.3 is 10.6 Å². The van der Waals surface area contributed by atoms with Crippen molar-refractivity contribution in [3.05, 3.63) is 54.1 Å². The summed E-state index contributed by atoms with van der Waals surface area (Å²) >= 11 is 1.72. The molecule has 1 saturated heterocycles. The molecule has 3 nitrogen and oxygen atoms in total. The number of nitrogens with zero attached hydrogens (tertiary/aromatic N) is 1. The van der Waals surface area contributed by atoms with Crippen molar-refractivity contribution in [1.29, 1.82) is 0 Å². The van der Waals surface area contributed by atoms with Gasteiger partial charge in [0.25, 0.3) is 5.91 Å². The monoisotopic (exact) mass is 362 g/mol. The van der Waals surface area contributed by atoms with Gasteiger partial charge in [-0.15, -0.1) is 24.2 Å². The largest absolute Gasteiger partial charge is 0.337 e. The number of halogens is 1. The lowest BCUT2D eigenvalue weighted by Gasteiger charge is -2.31. The molecule has 0 aliphatic carbocycles. The Labute approximate surface area is 154 Å². The number of carbonyl (C=O) groups is 1. The third kappa shape index (κ3) is 4.12. The van der Waals surface area contributed by atoms with E-state index in [0.29, 0.717) is 6.54 Å². The second-order valence-electron chi connectivity index (χ2n) is 5.93. The van der Waals surface area contributed by atoms with Gasteiger partial charge in [-0.05, 0) is 48.4 Å². The first-order valence-electron chi connectivity index (χ1n) is 7.97. The summed E-state index contributed by atoms with van der Waals surface area (Å²) in [5.74, 6) is 0.0867. The molecule has 2 N–H and O–H groups in total. The maximum Gasteiger partial charge on any atom is 0.253 e. The lowest BCUT2D eigenvalue weighted by atomic mass is 10.0. The molecular formula is C19H23ClN2OS. The SMILES string of the molecule is CSc1ccccc1-c1cccc(C(=O)N2CCCC(N)C2)c1.Cl. The van der Waals surface area contributed by atoms with E-state index in [-0.39, 0.29) is 24.4 Å². The Balaban J connectivity index is 0.00000208. The van der Waals surface area contributed by atoms with E-state index in [0.717, 1.165) is 30.5 Å². The number of thioether (sulfide) groups is 1. The van der Waals surface area contributed by atoms with Gasteiger partial charge in [0.15, 0.2) is 0 Å². The van der Waals surface area contributed by atoms with Crippen LogP contribution in [0.4, 0.5) is 0 Å². The number of hydrogen-bond acceptors (Lipinski definition) is 3. The fourth-order valence-corrected chi connectivity index (χ4v) is 3.70. The van der Waals surface area contributed by atoms with Crippen molar-refractivity contribution in [2.24, 2.45) is 5.73 Å². The number of nitrogens with two attached hydrogens (primary N) is 1. The predicted molar refractivity (Wildman–Crippen MR) is 104 cm³/mol. The standard InChI is InChI=1S/C19H22N2OS.ClH/c1-23-18-10-3-2-9-17(18)14-6-4-7-15(12-14)19(22)21-11-5-8-16(20)13-21;/h2-4,6-7,9-10,12,16H,5,8,11,13,20H2,1H3;1H. The first kappa shape index (κ1) is 18.8. The van der Waals surface area contributed by atoms with E-state index in [1.165, 1.54) is 10.5 Å². The summed E-state index contributed by atoms with van der Waals surface area (Å²) in [6, 6.07) is 16.3. The number of amides is 1. The maximum absolute atomic E-state index is 12.7. The molecule has 1 amide bonds. The van der Waals surface area contributed by atoms with Gasteiger partial charge in [0.05, 0.1) is 0 Å². The first-order valence-corrected chi connectivity index (χ1v) is 9.20. The summed E-state index contributed by atoms with van der Waals surface area (Å²) in [5.41, 5.74) is 9.00. The Morgan fingerprint density at radius 1 is 1.21 bits per heavy atom. The maximum atomic E-state index is 12.7. The van der Waals surface area contributed by atoms with Crippen LogP contribution in [0.1, 0.15) is 23.2 Å². The molecule has 0 saturated carbocycles. The first-order chi connectivity index (χ1) is 11.2. The van der Waals surface area contributed by atoms with E-state index < -0.39 is 0 Å². The van der Waals surface area contributed by atoms with Gasteiger partial charge >= 0.3 is 0 Å². The van der Waals surface area contributed by atoms with Gasteiger partial charge in [0.1, 0.15) is 0 Å². The average Bonchev–Trinajstić information content (AvgIpc) is 2.61. The fourth-order valence-electron chi connectivity index (χ4n) is 3.08. The zero-order chi connectivity index (χ0) is 16.2. The van der Waals surface area contributed by atoms with Gasteiger partial charge in [-0.3, -0.25) is 4.79 Å². The predicted octanol–water partition coefficient (Wildman–Crippen LogP) is 4.06. The molecule has 1 heterocycles. The molecule has 3 rings (SSSR count). The molecule has 1 aliphatic heterocycles. The zero-order valence-corrected chi connectivity index (χ0v) is 15.4. The van der Waals surface area contributed by atoms with Gasteiger partial charge in [-0.1, -0.05) is 30.3 Å². The van der Waals surface area contributed by atoms with Crippen LogP contribution in [-0.4, -0.2) is 36.2 Å². The molecule has 1 atom stereocenters. The molecular weight excluding hydrogens is 340 g/mol. The lowest BCUT2D eigenvalue weighted by Crippen LogP contribution is -2.45. The lowest BCUT2D eigenvalue weighted by molar-refractivity contribution is 0.0709. The van der Waals surface area contributed by atoms with Crippen LogP contribution in [0, 0.1) is 0 Å². The van der Waals surface area contributed by atoms with Crippen molar-refractivity contribution in [3.63, 3.8) is 0 Å². The number of rotatable bonds is 3. The van der Waals surface area contributed by atoms with Crippen LogP contribution in [0.5, 0.6) is 0 Å². The molecule has 0 spiro atoms. The Hall–Kier alpha value is -1.49. The zero-order valence-electron chi connectivity index (χ0n) is 13.8. The molecule has 5 heteroatoms. The second kappa shape index (κ2) is 8.56. The molecule has 0 bridgehead atoms. The van der Waals surface area contributed by atoms with Gasteiger partial charge in [0, 0.05) is 29.6 Å². The molecule has 2 aromatic carbocycles. The highest BCUT2D eigenvalue weighted by atomic mass is 35.5. The summed E-state index contributed by atoms with van der Waals surface area (Å²) in [6.45, 7) is 1.46. The smallest absolute Gasteiger partial charge is 0.253 e. The molecule has 1 fully saturated rings. The molecule has 1 aliphatic rings.